The van der Waals surface area contributed by atoms with Gasteiger partial charge in [-0.15, -0.1) is 0 Å². The van der Waals surface area contributed by atoms with Gasteiger partial charge in [-0.05, 0) is 12.0 Å². The maximum absolute atomic E-state index is 14.3. The second kappa shape index (κ2) is 9.98. The molecule has 0 fully saturated rings. The molecule has 0 spiro atoms. The Hall–Kier alpha value is -2.83. The number of aromatic nitrogens is 1. The van der Waals surface area contributed by atoms with Crippen molar-refractivity contribution in [2.24, 2.45) is 5.92 Å². The van der Waals surface area contributed by atoms with Gasteiger partial charge in [-0.2, -0.15) is 8.42 Å². The molecule has 3 N–H and O–H groups in total. The third-order valence-corrected chi connectivity index (χ3v) is 4.74. The molecule has 0 saturated heterocycles. The monoisotopic (exact) mass is 495 g/mol. The SMILES string of the molecule is CC(C)COc1ncc(Oc2cc(F)c(C(=O)NS(=O)(=O)NC(=O)O)cc2Cl)cc1Cl. The van der Waals surface area contributed by atoms with Crippen molar-refractivity contribution in [3.63, 3.8) is 0 Å². The van der Waals surface area contributed by atoms with Crippen molar-refractivity contribution < 1.29 is 37.0 Å². The number of hydrogen-bond acceptors (Lipinski definition) is 7. The molecular formula is C17H16Cl2FN3O7S. The Morgan fingerprint density at radius 3 is 2.45 bits per heavy atom. The molecule has 0 aliphatic carbocycles. The van der Waals surface area contributed by atoms with Crippen molar-refractivity contribution in [1.82, 2.24) is 14.4 Å². The van der Waals surface area contributed by atoms with Gasteiger partial charge in [0.2, 0.25) is 5.88 Å². The van der Waals surface area contributed by atoms with E-state index in [1.54, 1.807) is 0 Å². The van der Waals surface area contributed by atoms with Gasteiger partial charge < -0.3 is 14.6 Å². The quantitative estimate of drug-likeness (QED) is 0.503. The zero-order chi connectivity index (χ0) is 23.3. The first kappa shape index (κ1) is 24.4. The number of ether oxygens (including phenoxy) is 2. The Kier molecular flexibility index (Phi) is 7.87. The fourth-order valence-corrected chi connectivity index (χ4v) is 3.09. The summed E-state index contributed by atoms with van der Waals surface area (Å²) in [4.78, 5) is 26.4. The highest BCUT2D eigenvalue weighted by molar-refractivity contribution is 7.88. The van der Waals surface area contributed by atoms with Crippen LogP contribution in [0.5, 0.6) is 17.4 Å². The van der Waals surface area contributed by atoms with E-state index in [-0.39, 0.29) is 33.3 Å². The Morgan fingerprint density at radius 1 is 1.19 bits per heavy atom. The first-order chi connectivity index (χ1) is 14.4. The summed E-state index contributed by atoms with van der Waals surface area (Å²) in [7, 11) is -4.76. The van der Waals surface area contributed by atoms with Gasteiger partial charge in [-0.25, -0.2) is 23.6 Å². The van der Waals surface area contributed by atoms with Crippen LogP contribution in [0.1, 0.15) is 24.2 Å². The number of pyridine rings is 1. The molecule has 0 bridgehead atoms. The van der Waals surface area contributed by atoms with Gasteiger partial charge in [0.15, 0.2) is 0 Å². The van der Waals surface area contributed by atoms with Crippen LogP contribution in [0.3, 0.4) is 0 Å². The van der Waals surface area contributed by atoms with Gasteiger partial charge in [0.1, 0.15) is 22.3 Å². The molecule has 0 saturated carbocycles. The number of halogens is 3. The van der Waals surface area contributed by atoms with Crippen molar-refractivity contribution in [1.29, 1.82) is 0 Å². The minimum atomic E-state index is -4.76. The van der Waals surface area contributed by atoms with Crippen LogP contribution in [0, 0.1) is 11.7 Å². The lowest BCUT2D eigenvalue weighted by Gasteiger charge is -2.12. The van der Waals surface area contributed by atoms with Crippen LogP contribution >= 0.6 is 23.2 Å². The van der Waals surface area contributed by atoms with Crippen LogP contribution in [-0.4, -0.2) is 37.1 Å². The van der Waals surface area contributed by atoms with Gasteiger partial charge in [0.05, 0.1) is 23.4 Å². The smallest absolute Gasteiger partial charge is 0.419 e. The molecule has 0 aliphatic heterocycles. The average Bonchev–Trinajstić information content (AvgIpc) is 2.62. The highest BCUT2D eigenvalue weighted by atomic mass is 35.5. The molecule has 2 aromatic rings. The zero-order valence-corrected chi connectivity index (χ0v) is 18.3. The van der Waals surface area contributed by atoms with E-state index in [0.717, 1.165) is 16.9 Å². The predicted molar refractivity (Wildman–Crippen MR) is 109 cm³/mol. The summed E-state index contributed by atoms with van der Waals surface area (Å²) < 4.78 is 50.5. The Morgan fingerprint density at radius 2 is 1.87 bits per heavy atom. The largest absolute Gasteiger partial charge is 0.476 e. The minimum absolute atomic E-state index is 0.0913. The summed E-state index contributed by atoms with van der Waals surface area (Å²) in [6.45, 7) is 4.29. The lowest BCUT2D eigenvalue weighted by Crippen LogP contribution is -2.42. The standard InChI is InChI=1S/C17H16Cl2FN3O7S/c1-8(2)7-29-16-12(19)3-9(6-21-16)30-14-5-13(20)10(4-11(14)18)15(24)22-31(27,28)23-17(25)26/h3-6,8,23H,7H2,1-2H3,(H,22,24)(H,25,26). The lowest BCUT2D eigenvalue weighted by atomic mass is 10.2. The van der Waals surface area contributed by atoms with Gasteiger partial charge in [-0.3, -0.25) is 4.79 Å². The second-order valence-electron chi connectivity index (χ2n) is 6.37. The number of nitrogens with zero attached hydrogens (tertiary/aromatic N) is 1. The number of carbonyl (C=O) groups is 2. The highest BCUT2D eigenvalue weighted by Gasteiger charge is 2.22. The third kappa shape index (κ3) is 7.12. The summed E-state index contributed by atoms with van der Waals surface area (Å²) in [6, 6.07) is 2.92. The Labute approximate surface area is 186 Å². The molecule has 14 heteroatoms. The molecule has 1 aromatic heterocycles. The Bertz CT molecular complexity index is 1110. The molecule has 0 atom stereocenters. The van der Waals surface area contributed by atoms with E-state index >= 15 is 0 Å². The normalized spacial score (nSPS) is 11.2. The Balaban J connectivity index is 2.20. The number of carboxylic acid groups (broad SMARTS) is 1. The molecular weight excluding hydrogens is 480 g/mol. The van der Waals surface area contributed by atoms with Crippen molar-refractivity contribution in [3.05, 3.63) is 45.8 Å². The first-order valence-corrected chi connectivity index (χ1v) is 10.6. The highest BCUT2D eigenvalue weighted by Crippen LogP contribution is 2.34. The van der Waals surface area contributed by atoms with Crippen LogP contribution in [0.15, 0.2) is 24.4 Å². The summed E-state index contributed by atoms with van der Waals surface area (Å²) in [5, 5.41) is 8.32. The summed E-state index contributed by atoms with van der Waals surface area (Å²) in [5.74, 6) is -2.32. The molecule has 1 heterocycles. The van der Waals surface area contributed by atoms with E-state index < -0.39 is 33.6 Å². The lowest BCUT2D eigenvalue weighted by molar-refractivity contribution is 0.0977. The molecule has 31 heavy (non-hydrogen) atoms. The van der Waals surface area contributed by atoms with E-state index in [2.05, 4.69) is 4.98 Å². The van der Waals surface area contributed by atoms with E-state index in [9.17, 15) is 22.4 Å². The fourth-order valence-electron chi connectivity index (χ4n) is 2.04. The maximum atomic E-state index is 14.3. The molecule has 0 radical (unpaired) electrons. The van der Waals surface area contributed by atoms with Crippen LogP contribution < -0.4 is 18.9 Å². The van der Waals surface area contributed by atoms with E-state index in [1.807, 2.05) is 13.8 Å². The number of rotatable bonds is 8. The number of hydrogen-bond donors (Lipinski definition) is 3. The minimum Gasteiger partial charge on any atom is -0.476 e. The molecule has 2 amide bonds. The van der Waals surface area contributed by atoms with E-state index in [0.29, 0.717) is 6.61 Å². The van der Waals surface area contributed by atoms with Crippen molar-refractivity contribution in [3.8, 4) is 17.4 Å². The van der Waals surface area contributed by atoms with Gasteiger partial charge in [0, 0.05) is 12.1 Å². The summed E-state index contributed by atoms with van der Waals surface area (Å²) >= 11 is 12.1. The number of nitrogens with one attached hydrogen (secondary N) is 2. The van der Waals surface area contributed by atoms with Crippen molar-refractivity contribution in [2.45, 2.75) is 13.8 Å². The molecule has 10 nitrogen and oxygen atoms in total. The number of benzene rings is 1. The van der Waals surface area contributed by atoms with Crippen LogP contribution in [0.4, 0.5) is 9.18 Å². The fraction of sp³-hybridized carbons (Fsp3) is 0.235. The molecule has 0 unspecified atom stereocenters. The van der Waals surface area contributed by atoms with Gasteiger partial charge in [0.25, 0.3) is 5.91 Å². The number of amides is 2. The van der Waals surface area contributed by atoms with Crippen molar-refractivity contribution >= 4 is 45.4 Å². The molecule has 2 rings (SSSR count). The maximum Gasteiger partial charge on any atom is 0.419 e. The second-order valence-corrected chi connectivity index (χ2v) is 8.60. The van der Waals surface area contributed by atoms with Crippen molar-refractivity contribution in [2.75, 3.05) is 6.61 Å². The molecule has 168 valence electrons. The first-order valence-electron chi connectivity index (χ1n) is 8.41. The van der Waals surface area contributed by atoms with Gasteiger partial charge in [-0.1, -0.05) is 37.0 Å². The third-order valence-electron chi connectivity index (χ3n) is 3.28. The predicted octanol–water partition coefficient (Wildman–Crippen LogP) is 3.60. The van der Waals surface area contributed by atoms with E-state index in [1.165, 1.54) is 17.0 Å². The van der Waals surface area contributed by atoms with Crippen LogP contribution in [0.25, 0.3) is 0 Å². The van der Waals surface area contributed by atoms with Gasteiger partial charge >= 0.3 is 16.3 Å². The van der Waals surface area contributed by atoms with Crippen LogP contribution in [-0.2, 0) is 10.2 Å². The zero-order valence-electron chi connectivity index (χ0n) is 16.0. The molecule has 0 aliphatic rings. The molecule has 1 aromatic carbocycles. The van der Waals surface area contributed by atoms with E-state index in [4.69, 9.17) is 37.8 Å². The summed E-state index contributed by atoms with van der Waals surface area (Å²) in [6.07, 6.45) is -0.670. The van der Waals surface area contributed by atoms with Crippen LogP contribution in [0.2, 0.25) is 10.0 Å². The average molecular weight is 496 g/mol. The topological polar surface area (TPSA) is 144 Å². The summed E-state index contributed by atoms with van der Waals surface area (Å²) in [5.41, 5.74) is -0.762. The number of carbonyl (C=O) groups excluding carboxylic acids is 1.